The quantitative estimate of drug-likeness (QED) is 0.691. The summed E-state index contributed by atoms with van der Waals surface area (Å²) in [5, 5.41) is 12.1. The van der Waals surface area contributed by atoms with Crippen molar-refractivity contribution in [1.29, 1.82) is 0 Å². The molecule has 0 radical (unpaired) electrons. The normalized spacial score (nSPS) is 14.7. The summed E-state index contributed by atoms with van der Waals surface area (Å²) in [4.78, 5) is 12.2. The maximum Gasteiger partial charge on any atom is 0.306 e. The van der Waals surface area contributed by atoms with Gasteiger partial charge >= 0.3 is 5.97 Å². The highest BCUT2D eigenvalue weighted by molar-refractivity contribution is 5.80. The summed E-state index contributed by atoms with van der Waals surface area (Å²) in [6.07, 6.45) is 1.35. The van der Waals surface area contributed by atoms with Gasteiger partial charge in [0.25, 0.3) is 0 Å². The first-order chi connectivity index (χ1) is 13.6. The molecule has 1 N–H and O–H groups in total. The van der Waals surface area contributed by atoms with Crippen LogP contribution >= 0.6 is 0 Å². The number of benzene rings is 2. The molecule has 2 heterocycles. The lowest BCUT2D eigenvalue weighted by atomic mass is 9.83. The van der Waals surface area contributed by atoms with Crippen LogP contribution in [0.3, 0.4) is 0 Å². The highest BCUT2D eigenvalue weighted by Gasteiger charge is 2.24. The molecule has 1 aliphatic heterocycles. The number of nitrogens with zero attached hydrogens (tertiary/aromatic N) is 3. The van der Waals surface area contributed by atoms with Crippen LogP contribution in [0.2, 0.25) is 0 Å². The van der Waals surface area contributed by atoms with Gasteiger partial charge in [-0.3, -0.25) is 4.79 Å². The van der Waals surface area contributed by atoms with Crippen LogP contribution in [0, 0.1) is 6.92 Å². The fourth-order valence-electron chi connectivity index (χ4n) is 4.17. The van der Waals surface area contributed by atoms with Crippen LogP contribution in [0.1, 0.15) is 47.1 Å². The number of esters is 1. The van der Waals surface area contributed by atoms with Gasteiger partial charge in [0.15, 0.2) is 0 Å². The summed E-state index contributed by atoms with van der Waals surface area (Å²) in [5.74, 6) is -0.284. The third kappa shape index (κ3) is 3.29. The highest BCUT2D eigenvalue weighted by Crippen LogP contribution is 2.34. The molecule has 1 aliphatic rings. The van der Waals surface area contributed by atoms with E-state index in [-0.39, 0.29) is 11.9 Å². The first kappa shape index (κ1) is 18.6. The van der Waals surface area contributed by atoms with Gasteiger partial charge in [-0.2, -0.15) is 0 Å². The van der Waals surface area contributed by atoms with Gasteiger partial charge in [0.2, 0.25) is 0 Å². The number of fused-ring (bicyclic) bond motifs is 2. The van der Waals surface area contributed by atoms with E-state index in [2.05, 4.69) is 59.8 Å². The summed E-state index contributed by atoms with van der Waals surface area (Å²) in [7, 11) is 1.44. The number of carbonyl (C=O) groups is 1. The van der Waals surface area contributed by atoms with Gasteiger partial charge < -0.3 is 10.1 Å². The molecule has 0 saturated carbocycles. The van der Waals surface area contributed by atoms with Crippen LogP contribution in [0.25, 0.3) is 11.0 Å². The predicted molar refractivity (Wildman–Crippen MR) is 108 cm³/mol. The monoisotopic (exact) mass is 378 g/mol. The van der Waals surface area contributed by atoms with Crippen LogP contribution in [-0.2, 0) is 29.0 Å². The predicted octanol–water partition coefficient (Wildman–Crippen LogP) is 3.10. The molecule has 1 atom stereocenters. The van der Waals surface area contributed by atoms with Crippen molar-refractivity contribution in [2.75, 3.05) is 13.7 Å². The lowest BCUT2D eigenvalue weighted by Crippen LogP contribution is -2.24. The van der Waals surface area contributed by atoms with Gasteiger partial charge in [-0.15, -0.1) is 5.10 Å². The molecule has 146 valence electrons. The summed E-state index contributed by atoms with van der Waals surface area (Å²) < 4.78 is 6.90. The lowest BCUT2D eigenvalue weighted by Gasteiger charge is -2.23. The first-order valence-electron chi connectivity index (χ1n) is 9.84. The van der Waals surface area contributed by atoms with Gasteiger partial charge in [-0.05, 0) is 60.7 Å². The molecule has 0 saturated heterocycles. The largest absolute Gasteiger partial charge is 0.469 e. The van der Waals surface area contributed by atoms with Crippen molar-refractivity contribution in [2.45, 2.75) is 45.7 Å². The third-order valence-electron chi connectivity index (χ3n) is 5.78. The van der Waals surface area contributed by atoms with E-state index in [1.54, 1.807) is 0 Å². The second kappa shape index (κ2) is 7.72. The standard InChI is InChI=1S/C22H26N4O2/c1-4-26-20-8-7-18(14(2)22(20)24-25-26)19(12-21(27)28-3)16-6-5-15-9-10-23-13-17(15)11-16/h5-8,11,19,23H,4,9-10,12-13H2,1-3H3/t19-/m0/s1. The third-order valence-corrected chi connectivity index (χ3v) is 5.78. The topological polar surface area (TPSA) is 69.0 Å². The van der Waals surface area contributed by atoms with Crippen LogP contribution in [0.5, 0.6) is 0 Å². The Labute approximate surface area is 164 Å². The van der Waals surface area contributed by atoms with E-state index in [4.69, 9.17) is 4.74 Å². The van der Waals surface area contributed by atoms with Crippen LogP contribution < -0.4 is 5.32 Å². The zero-order valence-electron chi connectivity index (χ0n) is 16.7. The second-order valence-corrected chi connectivity index (χ2v) is 7.34. The molecular formula is C22H26N4O2. The van der Waals surface area contributed by atoms with Gasteiger partial charge in [0, 0.05) is 19.0 Å². The smallest absolute Gasteiger partial charge is 0.306 e. The summed E-state index contributed by atoms with van der Waals surface area (Å²) in [5.41, 5.74) is 7.93. The van der Waals surface area contributed by atoms with Gasteiger partial charge in [-0.25, -0.2) is 4.68 Å². The minimum atomic E-state index is -0.211. The van der Waals surface area contributed by atoms with E-state index < -0.39 is 0 Å². The van der Waals surface area contributed by atoms with Crippen molar-refractivity contribution in [2.24, 2.45) is 0 Å². The average molecular weight is 378 g/mol. The minimum Gasteiger partial charge on any atom is -0.469 e. The zero-order chi connectivity index (χ0) is 19.7. The zero-order valence-corrected chi connectivity index (χ0v) is 16.7. The van der Waals surface area contributed by atoms with Crippen molar-refractivity contribution in [3.8, 4) is 0 Å². The molecule has 1 aromatic heterocycles. The summed E-state index contributed by atoms with van der Waals surface area (Å²) in [6, 6.07) is 10.8. The SMILES string of the molecule is CCn1nnc2c(C)c([C@@H](CC(=O)OC)c3ccc4c(c3)CNCC4)ccc21. The molecule has 4 rings (SSSR count). The second-order valence-electron chi connectivity index (χ2n) is 7.34. The number of aromatic nitrogens is 3. The fraction of sp³-hybridized carbons (Fsp3) is 0.409. The van der Waals surface area contributed by atoms with Crippen LogP contribution in [0.15, 0.2) is 30.3 Å². The average Bonchev–Trinajstić information content (AvgIpc) is 3.16. The van der Waals surface area contributed by atoms with Gasteiger partial charge in [0.05, 0.1) is 19.0 Å². The van der Waals surface area contributed by atoms with Crippen molar-refractivity contribution in [3.63, 3.8) is 0 Å². The van der Waals surface area contributed by atoms with E-state index in [0.717, 1.165) is 53.8 Å². The van der Waals surface area contributed by atoms with Crippen molar-refractivity contribution >= 4 is 17.0 Å². The molecule has 28 heavy (non-hydrogen) atoms. The van der Waals surface area contributed by atoms with E-state index in [0.29, 0.717) is 6.42 Å². The highest BCUT2D eigenvalue weighted by atomic mass is 16.5. The Kier molecular flexibility index (Phi) is 5.13. The first-order valence-corrected chi connectivity index (χ1v) is 9.84. The van der Waals surface area contributed by atoms with E-state index in [1.165, 1.54) is 18.2 Å². The Morgan fingerprint density at radius 2 is 2.14 bits per heavy atom. The number of methoxy groups -OCH3 is 1. The Bertz CT molecular complexity index is 1020. The van der Waals surface area contributed by atoms with E-state index in [9.17, 15) is 4.79 Å². The van der Waals surface area contributed by atoms with Crippen LogP contribution in [-0.4, -0.2) is 34.6 Å². The Hall–Kier alpha value is -2.73. The fourth-order valence-corrected chi connectivity index (χ4v) is 4.17. The molecule has 3 aromatic rings. The summed E-state index contributed by atoms with van der Waals surface area (Å²) >= 11 is 0. The number of carbonyl (C=O) groups excluding carboxylic acids is 1. The maximum atomic E-state index is 12.2. The Balaban J connectivity index is 1.81. The number of nitrogens with one attached hydrogen (secondary N) is 1. The van der Waals surface area contributed by atoms with Crippen molar-refractivity contribution in [3.05, 3.63) is 58.1 Å². The number of hydrogen-bond donors (Lipinski definition) is 1. The van der Waals surface area contributed by atoms with E-state index in [1.807, 2.05) is 4.68 Å². The maximum absolute atomic E-state index is 12.2. The number of aryl methyl sites for hydroxylation is 2. The minimum absolute atomic E-state index is 0.0733. The van der Waals surface area contributed by atoms with Crippen molar-refractivity contribution in [1.82, 2.24) is 20.3 Å². The Morgan fingerprint density at radius 1 is 1.29 bits per heavy atom. The molecule has 0 aliphatic carbocycles. The molecule has 6 heteroatoms. The number of ether oxygens (including phenoxy) is 1. The Morgan fingerprint density at radius 3 is 2.93 bits per heavy atom. The van der Waals surface area contributed by atoms with Crippen molar-refractivity contribution < 1.29 is 9.53 Å². The molecule has 0 fully saturated rings. The number of hydrogen-bond acceptors (Lipinski definition) is 5. The molecule has 0 bridgehead atoms. The van der Waals surface area contributed by atoms with Gasteiger partial charge in [-0.1, -0.05) is 29.5 Å². The van der Waals surface area contributed by atoms with E-state index >= 15 is 0 Å². The van der Waals surface area contributed by atoms with Crippen LogP contribution in [0.4, 0.5) is 0 Å². The molecule has 0 spiro atoms. The molecule has 0 amide bonds. The lowest BCUT2D eigenvalue weighted by molar-refractivity contribution is -0.140. The number of rotatable bonds is 5. The molecule has 0 unspecified atom stereocenters. The summed E-state index contributed by atoms with van der Waals surface area (Å²) in [6.45, 7) is 6.78. The van der Waals surface area contributed by atoms with Gasteiger partial charge in [0.1, 0.15) is 5.52 Å². The molecule has 6 nitrogen and oxygen atoms in total. The molecule has 2 aromatic carbocycles. The molecular weight excluding hydrogens is 352 g/mol.